The molecule has 3 nitrogen and oxygen atoms in total. The second kappa shape index (κ2) is 6.99. The highest BCUT2D eigenvalue weighted by atomic mass is 16.5. The third-order valence-electron chi connectivity index (χ3n) is 4.45. The molecule has 0 radical (unpaired) electrons. The molecule has 1 N–H and O–H groups in total. The van der Waals surface area contributed by atoms with Gasteiger partial charge >= 0.3 is 0 Å². The molecule has 2 aromatic rings. The average Bonchev–Trinajstić information content (AvgIpc) is 2.88. The van der Waals surface area contributed by atoms with Crippen molar-refractivity contribution in [1.82, 2.24) is 5.32 Å². The number of ether oxygens (including phenoxy) is 1. The summed E-state index contributed by atoms with van der Waals surface area (Å²) in [5, 5.41) is 4.78. The van der Waals surface area contributed by atoms with E-state index in [1.165, 1.54) is 44.9 Å². The van der Waals surface area contributed by atoms with Gasteiger partial charge in [-0.15, -0.1) is 0 Å². The fourth-order valence-electron chi connectivity index (χ4n) is 3.24. The molecule has 1 aliphatic rings. The summed E-state index contributed by atoms with van der Waals surface area (Å²) in [6.07, 6.45) is 9.49. The first kappa shape index (κ1) is 14.5. The van der Waals surface area contributed by atoms with Crippen molar-refractivity contribution in [3.63, 3.8) is 0 Å². The molecule has 1 aliphatic carbocycles. The summed E-state index contributed by atoms with van der Waals surface area (Å²) < 4.78 is 11.3. The predicted molar refractivity (Wildman–Crippen MR) is 85.7 cm³/mol. The first-order valence-corrected chi connectivity index (χ1v) is 8.15. The maximum absolute atomic E-state index is 5.95. The van der Waals surface area contributed by atoms with Crippen molar-refractivity contribution in [3.8, 4) is 5.75 Å². The van der Waals surface area contributed by atoms with Crippen LogP contribution < -0.4 is 10.1 Å². The third kappa shape index (κ3) is 3.59. The fraction of sp³-hybridized carbons (Fsp3) is 0.556. The minimum atomic E-state index is 0.639. The number of furan rings is 1. The number of hydrogen-bond donors (Lipinski definition) is 1. The van der Waals surface area contributed by atoms with Crippen molar-refractivity contribution in [1.29, 1.82) is 0 Å². The van der Waals surface area contributed by atoms with Gasteiger partial charge < -0.3 is 14.5 Å². The number of rotatable bonds is 4. The van der Waals surface area contributed by atoms with Gasteiger partial charge in [-0.25, -0.2) is 0 Å². The molecule has 3 heteroatoms. The predicted octanol–water partition coefficient (Wildman–Crippen LogP) is 4.64. The minimum absolute atomic E-state index is 0.639. The van der Waals surface area contributed by atoms with E-state index in [0.29, 0.717) is 6.04 Å². The Kier molecular flexibility index (Phi) is 4.81. The Labute approximate surface area is 126 Å². The molecule has 0 amide bonds. The second-order valence-electron chi connectivity index (χ2n) is 6.01. The van der Waals surface area contributed by atoms with E-state index in [1.54, 1.807) is 7.11 Å². The highest BCUT2D eigenvalue weighted by Crippen LogP contribution is 2.28. The van der Waals surface area contributed by atoms with Crippen LogP contribution in [0, 0.1) is 0 Å². The Morgan fingerprint density at radius 2 is 1.90 bits per heavy atom. The summed E-state index contributed by atoms with van der Waals surface area (Å²) in [7, 11) is 1.68. The molecule has 21 heavy (non-hydrogen) atoms. The zero-order valence-corrected chi connectivity index (χ0v) is 12.9. The Morgan fingerprint density at radius 3 is 2.67 bits per heavy atom. The normalized spacial score (nSPS) is 17.6. The SMILES string of the molecule is COc1cccc2cc(CNC3CCCCCCC3)oc12. The van der Waals surface area contributed by atoms with E-state index in [1.807, 2.05) is 12.1 Å². The van der Waals surface area contributed by atoms with Crippen LogP contribution in [0.5, 0.6) is 5.75 Å². The van der Waals surface area contributed by atoms with Gasteiger partial charge in [-0.2, -0.15) is 0 Å². The molecule has 0 unspecified atom stereocenters. The van der Waals surface area contributed by atoms with E-state index in [0.717, 1.165) is 29.0 Å². The highest BCUT2D eigenvalue weighted by Gasteiger charge is 2.13. The first-order valence-electron chi connectivity index (χ1n) is 8.15. The lowest BCUT2D eigenvalue weighted by atomic mass is 9.97. The molecule has 1 fully saturated rings. The summed E-state index contributed by atoms with van der Waals surface area (Å²) >= 11 is 0. The molecule has 0 saturated heterocycles. The number of nitrogens with one attached hydrogen (secondary N) is 1. The lowest BCUT2D eigenvalue weighted by Gasteiger charge is -2.20. The first-order chi connectivity index (χ1) is 10.4. The number of methoxy groups -OCH3 is 1. The standard InChI is InChI=1S/C18H25NO2/c1-20-17-11-7-8-14-12-16(21-18(14)17)13-19-15-9-5-3-2-4-6-10-15/h7-8,11-12,15,19H,2-6,9-10,13H2,1H3. The van der Waals surface area contributed by atoms with Gasteiger partial charge in [0, 0.05) is 11.4 Å². The van der Waals surface area contributed by atoms with Gasteiger partial charge in [0.2, 0.25) is 0 Å². The van der Waals surface area contributed by atoms with E-state index in [2.05, 4.69) is 17.4 Å². The van der Waals surface area contributed by atoms with Crippen LogP contribution >= 0.6 is 0 Å². The number of benzene rings is 1. The molecule has 1 aromatic heterocycles. The van der Waals surface area contributed by atoms with Crippen LogP contribution in [0.4, 0.5) is 0 Å². The van der Waals surface area contributed by atoms with Crippen molar-refractivity contribution in [2.24, 2.45) is 0 Å². The van der Waals surface area contributed by atoms with E-state index >= 15 is 0 Å². The van der Waals surface area contributed by atoms with Crippen LogP contribution in [0.1, 0.15) is 50.7 Å². The van der Waals surface area contributed by atoms with Crippen LogP contribution in [-0.4, -0.2) is 13.2 Å². The van der Waals surface area contributed by atoms with E-state index < -0.39 is 0 Å². The second-order valence-corrected chi connectivity index (χ2v) is 6.01. The molecule has 0 aliphatic heterocycles. The van der Waals surface area contributed by atoms with Crippen LogP contribution in [0.3, 0.4) is 0 Å². The fourth-order valence-corrected chi connectivity index (χ4v) is 3.24. The smallest absolute Gasteiger partial charge is 0.176 e. The van der Waals surface area contributed by atoms with Crippen molar-refractivity contribution in [3.05, 3.63) is 30.0 Å². The minimum Gasteiger partial charge on any atom is -0.493 e. The number of fused-ring (bicyclic) bond motifs is 1. The van der Waals surface area contributed by atoms with Crippen molar-refractivity contribution < 1.29 is 9.15 Å². The van der Waals surface area contributed by atoms with Gasteiger partial charge in [0.25, 0.3) is 0 Å². The molecule has 1 aromatic carbocycles. The van der Waals surface area contributed by atoms with Gasteiger partial charge in [0.1, 0.15) is 5.76 Å². The van der Waals surface area contributed by atoms with Gasteiger partial charge in [0.05, 0.1) is 13.7 Å². The Morgan fingerprint density at radius 1 is 1.14 bits per heavy atom. The van der Waals surface area contributed by atoms with Crippen LogP contribution in [0.15, 0.2) is 28.7 Å². The average molecular weight is 287 g/mol. The summed E-state index contributed by atoms with van der Waals surface area (Å²) in [5.41, 5.74) is 0.856. The van der Waals surface area contributed by atoms with Crippen molar-refractivity contribution in [2.45, 2.75) is 57.5 Å². The van der Waals surface area contributed by atoms with E-state index in [9.17, 15) is 0 Å². The van der Waals surface area contributed by atoms with Crippen LogP contribution in [-0.2, 0) is 6.54 Å². The Bertz CT molecular complexity index is 568. The Hall–Kier alpha value is -1.48. The zero-order chi connectivity index (χ0) is 14.5. The monoisotopic (exact) mass is 287 g/mol. The van der Waals surface area contributed by atoms with E-state index in [-0.39, 0.29) is 0 Å². The molecule has 3 rings (SSSR count). The Balaban J connectivity index is 1.64. The third-order valence-corrected chi connectivity index (χ3v) is 4.45. The summed E-state index contributed by atoms with van der Waals surface area (Å²) in [6, 6.07) is 8.77. The quantitative estimate of drug-likeness (QED) is 0.889. The molecular formula is C18H25NO2. The highest BCUT2D eigenvalue weighted by molar-refractivity contribution is 5.83. The molecule has 0 atom stereocenters. The number of hydrogen-bond acceptors (Lipinski definition) is 3. The summed E-state index contributed by atoms with van der Waals surface area (Å²) in [5.74, 6) is 1.81. The largest absolute Gasteiger partial charge is 0.493 e. The topological polar surface area (TPSA) is 34.4 Å². The van der Waals surface area contributed by atoms with Crippen LogP contribution in [0.2, 0.25) is 0 Å². The number of para-hydroxylation sites is 1. The lowest BCUT2D eigenvalue weighted by Crippen LogP contribution is -2.29. The van der Waals surface area contributed by atoms with Crippen molar-refractivity contribution in [2.75, 3.05) is 7.11 Å². The molecule has 0 bridgehead atoms. The van der Waals surface area contributed by atoms with Gasteiger partial charge in [0.15, 0.2) is 11.3 Å². The van der Waals surface area contributed by atoms with Crippen molar-refractivity contribution >= 4 is 11.0 Å². The van der Waals surface area contributed by atoms with Crippen LogP contribution in [0.25, 0.3) is 11.0 Å². The van der Waals surface area contributed by atoms with E-state index in [4.69, 9.17) is 9.15 Å². The lowest BCUT2D eigenvalue weighted by molar-refractivity contribution is 0.371. The van der Waals surface area contributed by atoms with Gasteiger partial charge in [-0.1, -0.05) is 44.2 Å². The maximum Gasteiger partial charge on any atom is 0.176 e. The molecular weight excluding hydrogens is 262 g/mol. The molecule has 1 heterocycles. The molecule has 1 saturated carbocycles. The molecule has 114 valence electrons. The summed E-state index contributed by atoms with van der Waals surface area (Å²) in [6.45, 7) is 0.808. The molecule has 0 spiro atoms. The summed E-state index contributed by atoms with van der Waals surface area (Å²) in [4.78, 5) is 0. The van der Waals surface area contributed by atoms with Gasteiger partial charge in [-0.05, 0) is 25.0 Å². The zero-order valence-electron chi connectivity index (χ0n) is 12.9. The maximum atomic E-state index is 5.95. The van der Waals surface area contributed by atoms with Gasteiger partial charge in [-0.3, -0.25) is 0 Å².